The second-order valence-corrected chi connectivity index (χ2v) is 7.48. The van der Waals surface area contributed by atoms with Gasteiger partial charge < -0.3 is 9.64 Å². The number of carbonyl (C=O) groups is 2. The fraction of sp³-hybridized carbons (Fsp3) is 0.304. The zero-order chi connectivity index (χ0) is 21.6. The minimum Gasteiger partial charge on any atom is -0.451 e. The molecule has 1 fully saturated rings. The Kier molecular flexibility index (Phi) is 6.37. The van der Waals surface area contributed by atoms with Gasteiger partial charge in [0.2, 0.25) is 0 Å². The predicted octanol–water partition coefficient (Wildman–Crippen LogP) is 2.08. The van der Waals surface area contributed by atoms with Crippen LogP contribution < -0.4 is 0 Å². The fourth-order valence-corrected chi connectivity index (χ4v) is 3.53. The Morgan fingerprint density at radius 3 is 2.23 bits per heavy atom. The van der Waals surface area contributed by atoms with E-state index >= 15 is 0 Å². The summed E-state index contributed by atoms with van der Waals surface area (Å²) < 4.78 is 5.24. The van der Waals surface area contributed by atoms with Gasteiger partial charge in [-0.3, -0.25) is 9.69 Å². The number of piperazine rings is 1. The van der Waals surface area contributed by atoms with Crippen molar-refractivity contribution >= 4 is 11.9 Å². The number of carbonyl (C=O) groups excluding carboxylic acids is 2. The van der Waals surface area contributed by atoms with Crippen molar-refractivity contribution < 1.29 is 14.3 Å². The SMILES string of the molecule is Cc1nn(-c2ccccc2)nc1C(=O)OCC(=O)N1CCN(Cc2ccccc2)CC1. The molecule has 1 aromatic heterocycles. The Bertz CT molecular complexity index is 1030. The number of hydrogen-bond donors (Lipinski definition) is 0. The van der Waals surface area contributed by atoms with E-state index in [9.17, 15) is 9.59 Å². The van der Waals surface area contributed by atoms with E-state index in [1.807, 2.05) is 48.5 Å². The molecule has 2 aromatic carbocycles. The van der Waals surface area contributed by atoms with Crippen LogP contribution >= 0.6 is 0 Å². The van der Waals surface area contributed by atoms with Crippen molar-refractivity contribution in [3.05, 3.63) is 77.6 Å². The van der Waals surface area contributed by atoms with Gasteiger partial charge in [0, 0.05) is 32.7 Å². The third-order valence-corrected chi connectivity index (χ3v) is 5.26. The van der Waals surface area contributed by atoms with Gasteiger partial charge in [-0.25, -0.2) is 4.79 Å². The molecule has 8 heteroatoms. The highest BCUT2D eigenvalue weighted by molar-refractivity contribution is 5.90. The number of ether oxygens (including phenoxy) is 1. The Balaban J connectivity index is 1.26. The maximum Gasteiger partial charge on any atom is 0.361 e. The first-order chi connectivity index (χ1) is 15.1. The summed E-state index contributed by atoms with van der Waals surface area (Å²) in [5, 5.41) is 8.49. The zero-order valence-electron chi connectivity index (χ0n) is 17.5. The van der Waals surface area contributed by atoms with Crippen molar-refractivity contribution in [2.24, 2.45) is 0 Å². The highest BCUT2D eigenvalue weighted by Gasteiger charge is 2.24. The maximum absolute atomic E-state index is 12.5. The largest absolute Gasteiger partial charge is 0.451 e. The molecule has 0 radical (unpaired) electrons. The van der Waals surface area contributed by atoms with Gasteiger partial charge >= 0.3 is 5.97 Å². The van der Waals surface area contributed by atoms with E-state index in [2.05, 4.69) is 27.2 Å². The smallest absolute Gasteiger partial charge is 0.361 e. The second-order valence-electron chi connectivity index (χ2n) is 7.48. The van der Waals surface area contributed by atoms with E-state index in [1.54, 1.807) is 11.8 Å². The number of esters is 1. The summed E-state index contributed by atoms with van der Waals surface area (Å²) in [6, 6.07) is 19.6. The predicted molar refractivity (Wildman–Crippen MR) is 115 cm³/mol. The molecule has 4 rings (SSSR count). The molecule has 1 saturated heterocycles. The van der Waals surface area contributed by atoms with Gasteiger partial charge in [0.05, 0.1) is 11.4 Å². The molecule has 1 aliphatic heterocycles. The molecule has 2 heterocycles. The van der Waals surface area contributed by atoms with Crippen molar-refractivity contribution in [3.8, 4) is 5.69 Å². The van der Waals surface area contributed by atoms with Crippen molar-refractivity contribution in [2.75, 3.05) is 32.8 Å². The lowest BCUT2D eigenvalue weighted by atomic mass is 10.2. The molecule has 0 unspecified atom stereocenters. The number of rotatable bonds is 6. The molecule has 0 atom stereocenters. The number of aromatic nitrogens is 3. The Labute approximate surface area is 181 Å². The molecule has 0 aliphatic carbocycles. The first-order valence-electron chi connectivity index (χ1n) is 10.3. The second kappa shape index (κ2) is 9.53. The average molecular weight is 419 g/mol. The number of amides is 1. The van der Waals surface area contributed by atoms with Crippen molar-refractivity contribution in [1.29, 1.82) is 0 Å². The van der Waals surface area contributed by atoms with Crippen LogP contribution in [0.4, 0.5) is 0 Å². The van der Waals surface area contributed by atoms with Crippen LogP contribution in [0.3, 0.4) is 0 Å². The normalized spacial score (nSPS) is 14.4. The van der Waals surface area contributed by atoms with Gasteiger partial charge in [0.1, 0.15) is 0 Å². The topological polar surface area (TPSA) is 80.6 Å². The van der Waals surface area contributed by atoms with Gasteiger partial charge in [0.25, 0.3) is 5.91 Å². The lowest BCUT2D eigenvalue weighted by molar-refractivity contribution is -0.136. The molecular weight excluding hydrogens is 394 g/mol. The molecule has 8 nitrogen and oxygen atoms in total. The van der Waals surface area contributed by atoms with Crippen molar-refractivity contribution in [3.63, 3.8) is 0 Å². The molecule has 0 bridgehead atoms. The van der Waals surface area contributed by atoms with Crippen LogP contribution in [0.1, 0.15) is 21.7 Å². The quantitative estimate of drug-likeness (QED) is 0.569. The van der Waals surface area contributed by atoms with E-state index in [-0.39, 0.29) is 18.2 Å². The molecule has 1 amide bonds. The lowest BCUT2D eigenvalue weighted by Crippen LogP contribution is -2.49. The third kappa shape index (κ3) is 5.16. The van der Waals surface area contributed by atoms with Crippen LogP contribution in [0.2, 0.25) is 0 Å². The number of nitrogens with zero attached hydrogens (tertiary/aromatic N) is 5. The van der Waals surface area contributed by atoms with E-state index in [4.69, 9.17) is 4.74 Å². The third-order valence-electron chi connectivity index (χ3n) is 5.26. The van der Waals surface area contributed by atoms with Crippen LogP contribution in [0.5, 0.6) is 0 Å². The summed E-state index contributed by atoms with van der Waals surface area (Å²) in [7, 11) is 0. The van der Waals surface area contributed by atoms with Gasteiger partial charge in [0.15, 0.2) is 12.3 Å². The summed E-state index contributed by atoms with van der Waals surface area (Å²) in [5.41, 5.74) is 2.57. The molecule has 1 aliphatic rings. The minimum absolute atomic E-state index is 0.115. The average Bonchev–Trinajstić information content (AvgIpc) is 3.21. The van der Waals surface area contributed by atoms with Gasteiger partial charge in [-0.05, 0) is 24.6 Å². The van der Waals surface area contributed by atoms with Gasteiger partial charge in [-0.2, -0.15) is 9.90 Å². The van der Waals surface area contributed by atoms with Gasteiger partial charge in [-0.1, -0.05) is 48.5 Å². The van der Waals surface area contributed by atoms with Crippen LogP contribution in [-0.4, -0.2) is 69.5 Å². The molecule has 31 heavy (non-hydrogen) atoms. The van der Waals surface area contributed by atoms with Crippen LogP contribution in [0.15, 0.2) is 60.7 Å². The molecule has 3 aromatic rings. The van der Waals surface area contributed by atoms with Gasteiger partial charge in [-0.15, -0.1) is 5.10 Å². The summed E-state index contributed by atoms with van der Waals surface area (Å²) in [5.74, 6) is -0.837. The monoisotopic (exact) mass is 419 g/mol. The highest BCUT2D eigenvalue weighted by atomic mass is 16.5. The van der Waals surface area contributed by atoms with Crippen LogP contribution in [-0.2, 0) is 16.1 Å². The standard InChI is InChI=1S/C23H25N5O3/c1-18-22(25-28(24-18)20-10-6-3-7-11-20)23(30)31-17-21(29)27-14-12-26(13-15-27)16-19-8-4-2-5-9-19/h2-11H,12-17H2,1H3. The van der Waals surface area contributed by atoms with Crippen LogP contribution in [0.25, 0.3) is 5.69 Å². The van der Waals surface area contributed by atoms with E-state index in [0.29, 0.717) is 18.8 Å². The summed E-state index contributed by atoms with van der Waals surface area (Å²) in [6.45, 7) is 5.08. The number of aryl methyl sites for hydroxylation is 1. The first kappa shape index (κ1) is 20.7. The number of para-hydroxylation sites is 1. The minimum atomic E-state index is -0.643. The Hall–Kier alpha value is -3.52. The number of hydrogen-bond acceptors (Lipinski definition) is 6. The van der Waals surface area contributed by atoms with Crippen molar-refractivity contribution in [1.82, 2.24) is 24.8 Å². The Morgan fingerprint density at radius 1 is 0.903 bits per heavy atom. The maximum atomic E-state index is 12.5. The molecule has 0 spiro atoms. The molecule has 0 N–H and O–H groups in total. The van der Waals surface area contributed by atoms with Crippen molar-refractivity contribution in [2.45, 2.75) is 13.5 Å². The van der Waals surface area contributed by atoms with E-state index in [0.717, 1.165) is 25.3 Å². The van der Waals surface area contributed by atoms with E-state index in [1.165, 1.54) is 10.4 Å². The highest BCUT2D eigenvalue weighted by Crippen LogP contribution is 2.11. The molecule has 160 valence electrons. The summed E-state index contributed by atoms with van der Waals surface area (Å²) in [4.78, 5) is 30.4. The number of benzene rings is 2. The zero-order valence-corrected chi connectivity index (χ0v) is 17.5. The lowest BCUT2D eigenvalue weighted by Gasteiger charge is -2.34. The summed E-state index contributed by atoms with van der Waals surface area (Å²) in [6.07, 6.45) is 0. The van der Waals surface area contributed by atoms with Crippen LogP contribution in [0, 0.1) is 6.92 Å². The first-order valence-corrected chi connectivity index (χ1v) is 10.3. The van der Waals surface area contributed by atoms with E-state index < -0.39 is 5.97 Å². The molecular formula is C23H25N5O3. The summed E-state index contributed by atoms with van der Waals surface area (Å²) >= 11 is 0. The molecule has 0 saturated carbocycles. The Morgan fingerprint density at radius 2 is 1.55 bits per heavy atom. The fourth-order valence-electron chi connectivity index (χ4n) is 3.53.